The highest BCUT2D eigenvalue weighted by Crippen LogP contribution is 2.50. The van der Waals surface area contributed by atoms with Gasteiger partial charge < -0.3 is 4.74 Å². The molecule has 1 heterocycles. The van der Waals surface area contributed by atoms with Crippen LogP contribution in [-0.4, -0.2) is 24.0 Å². The fraction of sp³-hybridized carbons (Fsp3) is 0.391. The second-order valence-electron chi connectivity index (χ2n) is 8.07. The first-order valence-corrected chi connectivity index (χ1v) is 9.38. The number of amides is 1. The number of anilines is 1. The molecule has 3 rings (SSSR count). The van der Waals surface area contributed by atoms with Crippen LogP contribution in [0.1, 0.15) is 50.8 Å². The van der Waals surface area contributed by atoms with Gasteiger partial charge in [0.05, 0.1) is 6.61 Å². The van der Waals surface area contributed by atoms with Gasteiger partial charge >= 0.3 is 11.9 Å². The number of fused-ring (bicyclic) bond motifs is 1. The largest absolute Gasteiger partial charge is 0.459 e. The van der Waals surface area contributed by atoms with Crippen molar-refractivity contribution in [2.75, 3.05) is 11.5 Å². The lowest BCUT2D eigenvalue weighted by Gasteiger charge is -2.51. The summed E-state index contributed by atoms with van der Waals surface area (Å²) in [6.45, 7) is 10.2. The molecule has 2 aromatic rings. The molecule has 0 radical (unpaired) electrons. The number of esters is 1. The first-order valence-electron chi connectivity index (χ1n) is 9.38. The zero-order valence-electron chi connectivity index (χ0n) is 16.7. The lowest BCUT2D eigenvalue weighted by Crippen LogP contribution is -2.57. The zero-order valence-corrected chi connectivity index (χ0v) is 16.7. The van der Waals surface area contributed by atoms with Gasteiger partial charge in [-0.15, -0.1) is 0 Å². The van der Waals surface area contributed by atoms with E-state index in [4.69, 9.17) is 4.74 Å². The highest BCUT2D eigenvalue weighted by atomic mass is 16.5. The molecule has 1 atom stereocenters. The summed E-state index contributed by atoms with van der Waals surface area (Å²) in [5.74, 6) is -1.41. The first kappa shape index (κ1) is 19.2. The van der Waals surface area contributed by atoms with E-state index in [2.05, 4.69) is 25.1 Å². The molecule has 0 fully saturated rings. The molecule has 0 bridgehead atoms. The summed E-state index contributed by atoms with van der Waals surface area (Å²) in [6.07, 6.45) is 0.700. The van der Waals surface area contributed by atoms with E-state index in [-0.39, 0.29) is 12.0 Å². The van der Waals surface area contributed by atoms with Crippen molar-refractivity contribution in [1.29, 1.82) is 0 Å². The topological polar surface area (TPSA) is 46.6 Å². The molecule has 1 amide bonds. The van der Waals surface area contributed by atoms with Crippen LogP contribution in [0.15, 0.2) is 48.5 Å². The molecule has 27 heavy (non-hydrogen) atoms. The number of carbonyl (C=O) groups is 2. The molecule has 142 valence electrons. The fourth-order valence-corrected chi connectivity index (χ4v) is 4.38. The van der Waals surface area contributed by atoms with Gasteiger partial charge in [0.1, 0.15) is 0 Å². The van der Waals surface area contributed by atoms with Crippen LogP contribution in [0.2, 0.25) is 0 Å². The summed E-state index contributed by atoms with van der Waals surface area (Å²) in [4.78, 5) is 26.8. The van der Waals surface area contributed by atoms with Gasteiger partial charge in [0.2, 0.25) is 0 Å². The highest BCUT2D eigenvalue weighted by Gasteiger charge is 2.49. The molecule has 4 nitrogen and oxygen atoms in total. The predicted molar refractivity (Wildman–Crippen MR) is 107 cm³/mol. The average molecular weight is 365 g/mol. The van der Waals surface area contributed by atoms with Gasteiger partial charge in [-0.05, 0) is 51.3 Å². The number of nitrogens with zero attached hydrogens (tertiary/aromatic N) is 1. The van der Waals surface area contributed by atoms with Crippen molar-refractivity contribution in [2.45, 2.75) is 52.0 Å². The maximum atomic E-state index is 13.0. The Balaban J connectivity index is 2.21. The SMILES string of the molecule is CCOC(=O)C(=O)N1c2ccc(C)cc2[C@](C)(c2ccccc2)CC1(C)C. The average Bonchev–Trinajstić information content (AvgIpc) is 2.62. The van der Waals surface area contributed by atoms with Gasteiger partial charge in [-0.2, -0.15) is 0 Å². The smallest absolute Gasteiger partial charge is 0.397 e. The minimum atomic E-state index is -0.805. The van der Waals surface area contributed by atoms with Crippen molar-refractivity contribution >= 4 is 17.6 Å². The van der Waals surface area contributed by atoms with Crippen molar-refractivity contribution in [3.05, 3.63) is 65.2 Å². The Morgan fingerprint density at radius 2 is 1.74 bits per heavy atom. The van der Waals surface area contributed by atoms with E-state index < -0.39 is 17.4 Å². The van der Waals surface area contributed by atoms with E-state index in [1.165, 1.54) is 5.56 Å². The third-order valence-corrected chi connectivity index (χ3v) is 5.44. The molecular weight excluding hydrogens is 338 g/mol. The van der Waals surface area contributed by atoms with Crippen LogP contribution in [0.4, 0.5) is 5.69 Å². The van der Waals surface area contributed by atoms with Gasteiger partial charge in [-0.1, -0.05) is 55.0 Å². The standard InChI is InChI=1S/C23H27NO3/c1-6-27-21(26)20(25)24-19-13-12-16(2)14-18(19)23(5,15-22(24,3)4)17-10-8-7-9-11-17/h7-14H,6,15H2,1-5H3/t23-/m0/s1. The molecule has 0 spiro atoms. The maximum absolute atomic E-state index is 13.0. The second kappa shape index (κ2) is 6.84. The molecule has 2 aromatic carbocycles. The number of hydrogen-bond donors (Lipinski definition) is 0. The number of carbonyl (C=O) groups excluding carboxylic acids is 2. The molecule has 1 aliphatic rings. The highest BCUT2D eigenvalue weighted by molar-refractivity contribution is 6.38. The predicted octanol–water partition coefficient (Wildman–Crippen LogP) is 4.38. The van der Waals surface area contributed by atoms with Crippen molar-refractivity contribution in [2.24, 2.45) is 0 Å². The van der Waals surface area contributed by atoms with Crippen molar-refractivity contribution in [3.8, 4) is 0 Å². The summed E-state index contributed by atoms with van der Waals surface area (Å²) in [5, 5.41) is 0. The van der Waals surface area contributed by atoms with Crippen LogP contribution in [0, 0.1) is 6.92 Å². The van der Waals surface area contributed by atoms with Crippen LogP contribution in [-0.2, 0) is 19.7 Å². The maximum Gasteiger partial charge on any atom is 0.397 e. The van der Waals surface area contributed by atoms with Crippen molar-refractivity contribution < 1.29 is 14.3 Å². The zero-order chi connectivity index (χ0) is 19.8. The van der Waals surface area contributed by atoms with E-state index in [0.29, 0.717) is 6.42 Å². The third-order valence-electron chi connectivity index (χ3n) is 5.44. The monoisotopic (exact) mass is 365 g/mol. The molecule has 0 N–H and O–H groups in total. The van der Waals surface area contributed by atoms with E-state index in [1.54, 1.807) is 11.8 Å². The van der Waals surface area contributed by atoms with Crippen molar-refractivity contribution in [1.82, 2.24) is 0 Å². The van der Waals surface area contributed by atoms with Crippen LogP contribution >= 0.6 is 0 Å². The number of aryl methyl sites for hydroxylation is 1. The molecule has 0 aromatic heterocycles. The first-order chi connectivity index (χ1) is 12.7. The van der Waals surface area contributed by atoms with Crippen LogP contribution < -0.4 is 4.90 Å². The minimum Gasteiger partial charge on any atom is -0.459 e. The van der Waals surface area contributed by atoms with E-state index >= 15 is 0 Å². The van der Waals surface area contributed by atoms with Gasteiger partial charge in [0, 0.05) is 16.6 Å². The molecular formula is C23H27NO3. The molecule has 1 aliphatic heterocycles. The van der Waals surface area contributed by atoms with Crippen LogP contribution in [0.25, 0.3) is 0 Å². The second-order valence-corrected chi connectivity index (χ2v) is 8.07. The van der Waals surface area contributed by atoms with Gasteiger partial charge in [-0.25, -0.2) is 4.79 Å². The third kappa shape index (κ3) is 3.25. The van der Waals surface area contributed by atoms with E-state index in [0.717, 1.165) is 16.8 Å². The number of hydrogen-bond acceptors (Lipinski definition) is 3. The molecule has 0 saturated carbocycles. The van der Waals surface area contributed by atoms with Crippen LogP contribution in [0.5, 0.6) is 0 Å². The summed E-state index contributed by atoms with van der Waals surface area (Å²) in [5.41, 5.74) is 3.35. The summed E-state index contributed by atoms with van der Waals surface area (Å²) in [6, 6.07) is 16.4. The van der Waals surface area contributed by atoms with Gasteiger partial charge in [-0.3, -0.25) is 9.69 Å². The van der Waals surface area contributed by atoms with E-state index in [1.807, 2.05) is 51.1 Å². The minimum absolute atomic E-state index is 0.182. The Kier molecular flexibility index (Phi) is 4.85. The number of ether oxygens (including phenoxy) is 1. The van der Waals surface area contributed by atoms with Gasteiger partial charge in [0.15, 0.2) is 0 Å². The Hall–Kier alpha value is -2.62. The normalized spacial score (nSPS) is 20.7. The lowest BCUT2D eigenvalue weighted by molar-refractivity contribution is -0.153. The Morgan fingerprint density at radius 1 is 1.07 bits per heavy atom. The Labute approximate surface area is 161 Å². The summed E-state index contributed by atoms with van der Waals surface area (Å²) in [7, 11) is 0. The molecule has 4 heteroatoms. The summed E-state index contributed by atoms with van der Waals surface area (Å²) < 4.78 is 5.00. The van der Waals surface area contributed by atoms with Crippen molar-refractivity contribution in [3.63, 3.8) is 0 Å². The Bertz CT molecular complexity index is 872. The van der Waals surface area contributed by atoms with Gasteiger partial charge in [0.25, 0.3) is 0 Å². The van der Waals surface area contributed by atoms with Crippen LogP contribution in [0.3, 0.4) is 0 Å². The number of rotatable bonds is 2. The lowest BCUT2D eigenvalue weighted by atomic mass is 9.65. The molecule has 0 unspecified atom stereocenters. The molecule has 0 saturated heterocycles. The fourth-order valence-electron chi connectivity index (χ4n) is 4.38. The number of benzene rings is 2. The summed E-state index contributed by atoms with van der Waals surface area (Å²) >= 11 is 0. The molecule has 0 aliphatic carbocycles. The quantitative estimate of drug-likeness (QED) is 0.586. The van der Waals surface area contributed by atoms with E-state index in [9.17, 15) is 9.59 Å². The Morgan fingerprint density at radius 3 is 2.37 bits per heavy atom.